The average Bonchev–Trinajstić information content (AvgIpc) is 2.44. The molecule has 1 atom stereocenters. The highest BCUT2D eigenvalue weighted by molar-refractivity contribution is 9.10. The molecule has 0 radical (unpaired) electrons. The molecule has 6 heteroatoms. The van der Waals surface area contributed by atoms with Crippen LogP contribution in [0.2, 0.25) is 0 Å². The fraction of sp³-hybridized carbons (Fsp3) is 0.333. The third-order valence-corrected chi connectivity index (χ3v) is 3.22. The molecule has 1 aromatic carbocycles. The molecule has 0 aliphatic rings. The molecule has 0 bridgehead atoms. The summed E-state index contributed by atoms with van der Waals surface area (Å²) in [4.78, 5) is 8.43. The maximum atomic E-state index is 9.59. The van der Waals surface area contributed by atoms with Crippen molar-refractivity contribution in [2.24, 2.45) is 0 Å². The Labute approximate surface area is 132 Å². The summed E-state index contributed by atoms with van der Waals surface area (Å²) in [5.74, 6) is 1.02. The number of hydrogen-bond donors (Lipinski definition) is 2. The Morgan fingerprint density at radius 2 is 2.14 bits per heavy atom. The van der Waals surface area contributed by atoms with Crippen molar-refractivity contribution in [1.29, 1.82) is 0 Å². The first kappa shape index (κ1) is 15.7. The molecule has 0 amide bonds. The van der Waals surface area contributed by atoms with E-state index in [-0.39, 0.29) is 18.8 Å². The Hall–Kier alpha value is -1.66. The van der Waals surface area contributed by atoms with Crippen LogP contribution in [0.5, 0.6) is 5.88 Å². The number of nitrogens with zero attached hydrogens (tertiary/aromatic N) is 2. The zero-order valence-electron chi connectivity index (χ0n) is 12.0. The van der Waals surface area contributed by atoms with Crippen molar-refractivity contribution in [1.82, 2.24) is 9.97 Å². The Morgan fingerprint density at radius 3 is 2.81 bits per heavy atom. The quantitative estimate of drug-likeness (QED) is 0.836. The fourth-order valence-corrected chi connectivity index (χ4v) is 2.27. The molecular formula is C15H18BrN3O2. The molecule has 2 aromatic rings. The minimum atomic E-state index is -0.258. The van der Waals surface area contributed by atoms with E-state index in [4.69, 9.17) is 4.74 Å². The summed E-state index contributed by atoms with van der Waals surface area (Å²) in [7, 11) is 0. The van der Waals surface area contributed by atoms with Gasteiger partial charge in [-0.3, -0.25) is 4.98 Å². The van der Waals surface area contributed by atoms with Gasteiger partial charge >= 0.3 is 0 Å². The van der Waals surface area contributed by atoms with Crippen LogP contribution in [-0.2, 0) is 0 Å². The highest BCUT2D eigenvalue weighted by Crippen LogP contribution is 2.22. The van der Waals surface area contributed by atoms with Gasteiger partial charge in [0.2, 0.25) is 5.88 Å². The van der Waals surface area contributed by atoms with Crippen molar-refractivity contribution in [3.05, 3.63) is 46.7 Å². The maximum Gasteiger partial charge on any atom is 0.234 e. The van der Waals surface area contributed by atoms with Gasteiger partial charge < -0.3 is 15.2 Å². The Kier molecular flexibility index (Phi) is 5.52. The number of benzene rings is 1. The number of aliphatic hydroxyl groups excluding tert-OH is 1. The second-order valence-electron chi connectivity index (χ2n) is 4.84. The number of aromatic nitrogens is 2. The third-order valence-electron chi connectivity index (χ3n) is 2.72. The molecule has 0 saturated heterocycles. The molecule has 0 fully saturated rings. The van der Waals surface area contributed by atoms with Gasteiger partial charge in [-0.15, -0.1) is 0 Å². The predicted octanol–water partition coefficient (Wildman–Crippen LogP) is 3.17. The van der Waals surface area contributed by atoms with Crippen molar-refractivity contribution >= 4 is 21.7 Å². The SMILES string of the molecule is CC(C)Oc1cncc(NC(CO)c2cccc(Br)c2)n1. The standard InChI is InChI=1S/C15H18BrN3O2/c1-10(2)21-15-8-17-7-14(19-15)18-13(9-20)11-4-3-5-12(16)6-11/h3-8,10,13,20H,9H2,1-2H3,(H,18,19). The molecule has 0 spiro atoms. The predicted molar refractivity (Wildman–Crippen MR) is 85.4 cm³/mol. The Balaban J connectivity index is 2.15. The molecule has 0 aliphatic carbocycles. The highest BCUT2D eigenvalue weighted by atomic mass is 79.9. The second kappa shape index (κ2) is 7.38. The first-order valence-corrected chi connectivity index (χ1v) is 7.49. The lowest BCUT2D eigenvalue weighted by atomic mass is 10.1. The van der Waals surface area contributed by atoms with Gasteiger partial charge in [-0.05, 0) is 31.5 Å². The third kappa shape index (κ3) is 4.68. The van der Waals surface area contributed by atoms with E-state index in [9.17, 15) is 5.11 Å². The monoisotopic (exact) mass is 351 g/mol. The summed E-state index contributed by atoms with van der Waals surface area (Å²) in [5, 5.41) is 12.8. The zero-order valence-corrected chi connectivity index (χ0v) is 13.5. The summed E-state index contributed by atoms with van der Waals surface area (Å²) in [6.07, 6.45) is 3.21. The number of rotatable bonds is 6. The van der Waals surface area contributed by atoms with E-state index < -0.39 is 0 Å². The van der Waals surface area contributed by atoms with Gasteiger partial charge in [0.05, 0.1) is 31.1 Å². The number of aliphatic hydroxyl groups is 1. The topological polar surface area (TPSA) is 67.3 Å². The van der Waals surface area contributed by atoms with Crippen molar-refractivity contribution in [3.63, 3.8) is 0 Å². The zero-order chi connectivity index (χ0) is 15.2. The van der Waals surface area contributed by atoms with E-state index in [0.29, 0.717) is 11.7 Å². The van der Waals surface area contributed by atoms with Gasteiger partial charge in [0.25, 0.3) is 0 Å². The van der Waals surface area contributed by atoms with Crippen LogP contribution >= 0.6 is 15.9 Å². The number of anilines is 1. The molecule has 1 heterocycles. The summed E-state index contributed by atoms with van der Waals surface area (Å²) >= 11 is 3.43. The van der Waals surface area contributed by atoms with Crippen LogP contribution in [0.25, 0.3) is 0 Å². The highest BCUT2D eigenvalue weighted by Gasteiger charge is 2.12. The molecule has 2 N–H and O–H groups in total. The number of halogens is 1. The molecule has 1 unspecified atom stereocenters. The van der Waals surface area contributed by atoms with Crippen LogP contribution in [0, 0.1) is 0 Å². The number of hydrogen-bond acceptors (Lipinski definition) is 5. The largest absolute Gasteiger partial charge is 0.474 e. The van der Waals surface area contributed by atoms with Crippen LogP contribution in [0.15, 0.2) is 41.1 Å². The van der Waals surface area contributed by atoms with E-state index >= 15 is 0 Å². The van der Waals surface area contributed by atoms with Crippen molar-refractivity contribution in [2.75, 3.05) is 11.9 Å². The molecule has 0 aliphatic heterocycles. The summed E-state index contributed by atoms with van der Waals surface area (Å²) < 4.78 is 6.47. The number of ether oxygens (including phenoxy) is 1. The minimum absolute atomic E-state index is 0.0354. The molecule has 1 aromatic heterocycles. The Bertz CT molecular complexity index is 593. The van der Waals surface area contributed by atoms with Gasteiger partial charge in [-0.1, -0.05) is 28.1 Å². The maximum absolute atomic E-state index is 9.59. The van der Waals surface area contributed by atoms with Crippen molar-refractivity contribution < 1.29 is 9.84 Å². The molecular weight excluding hydrogens is 334 g/mol. The number of nitrogens with one attached hydrogen (secondary N) is 1. The lowest BCUT2D eigenvalue weighted by Crippen LogP contribution is -2.16. The summed E-state index contributed by atoms with van der Waals surface area (Å²) in [6, 6.07) is 7.50. The average molecular weight is 352 g/mol. The lowest BCUT2D eigenvalue weighted by molar-refractivity contribution is 0.231. The summed E-state index contributed by atoms with van der Waals surface area (Å²) in [5.41, 5.74) is 0.962. The van der Waals surface area contributed by atoms with Crippen LogP contribution in [0.1, 0.15) is 25.5 Å². The van der Waals surface area contributed by atoms with Gasteiger partial charge in [-0.25, -0.2) is 0 Å². The van der Waals surface area contributed by atoms with Crippen molar-refractivity contribution in [2.45, 2.75) is 26.0 Å². The molecule has 2 rings (SSSR count). The molecule has 21 heavy (non-hydrogen) atoms. The van der Waals surface area contributed by atoms with Crippen molar-refractivity contribution in [3.8, 4) is 5.88 Å². The molecule has 5 nitrogen and oxygen atoms in total. The fourth-order valence-electron chi connectivity index (χ4n) is 1.85. The van der Waals surface area contributed by atoms with Crippen LogP contribution < -0.4 is 10.1 Å². The van der Waals surface area contributed by atoms with E-state index in [0.717, 1.165) is 10.0 Å². The van der Waals surface area contributed by atoms with E-state index in [1.807, 2.05) is 38.1 Å². The van der Waals surface area contributed by atoms with Crippen LogP contribution in [0.4, 0.5) is 5.82 Å². The van der Waals surface area contributed by atoms with Crippen LogP contribution in [-0.4, -0.2) is 27.8 Å². The lowest BCUT2D eigenvalue weighted by Gasteiger charge is -2.18. The minimum Gasteiger partial charge on any atom is -0.474 e. The summed E-state index contributed by atoms with van der Waals surface area (Å²) in [6.45, 7) is 3.81. The second-order valence-corrected chi connectivity index (χ2v) is 5.76. The molecule has 0 saturated carbocycles. The normalized spacial score (nSPS) is 12.2. The van der Waals surface area contributed by atoms with Gasteiger partial charge in [0.1, 0.15) is 5.82 Å². The first-order valence-electron chi connectivity index (χ1n) is 6.70. The van der Waals surface area contributed by atoms with E-state index in [1.165, 1.54) is 0 Å². The molecule has 112 valence electrons. The van der Waals surface area contributed by atoms with Crippen LogP contribution in [0.3, 0.4) is 0 Å². The van der Waals surface area contributed by atoms with E-state index in [1.54, 1.807) is 12.4 Å². The van der Waals surface area contributed by atoms with Gasteiger partial charge in [-0.2, -0.15) is 4.98 Å². The van der Waals surface area contributed by atoms with Gasteiger partial charge in [0.15, 0.2) is 0 Å². The van der Waals surface area contributed by atoms with Gasteiger partial charge in [0, 0.05) is 4.47 Å². The Morgan fingerprint density at radius 1 is 1.33 bits per heavy atom. The first-order chi connectivity index (χ1) is 10.1. The van der Waals surface area contributed by atoms with E-state index in [2.05, 4.69) is 31.2 Å². The smallest absolute Gasteiger partial charge is 0.234 e.